The molecule has 3 aliphatic heterocycles. The molecule has 0 unspecified atom stereocenters. The van der Waals surface area contributed by atoms with Gasteiger partial charge in [-0.3, -0.25) is 13.5 Å². The van der Waals surface area contributed by atoms with Crippen LogP contribution in [0.5, 0.6) is 0 Å². The Hall–Kier alpha value is -2.84. The summed E-state index contributed by atoms with van der Waals surface area (Å²) in [6.45, 7) is 3.63. The number of hydrogen-bond donors (Lipinski definition) is 1. The number of benzene rings is 2. The summed E-state index contributed by atoms with van der Waals surface area (Å²) in [6.07, 6.45) is 7.66. The van der Waals surface area contributed by atoms with Crippen LogP contribution in [0.25, 0.3) is 16.5 Å². The highest BCUT2D eigenvalue weighted by Gasteiger charge is 2.42. The third-order valence-electron chi connectivity index (χ3n) is 7.10. The van der Waals surface area contributed by atoms with E-state index in [2.05, 4.69) is 16.0 Å². The first-order valence-electron chi connectivity index (χ1n) is 11.6. The van der Waals surface area contributed by atoms with Gasteiger partial charge >= 0.3 is 10.2 Å². The maximum absolute atomic E-state index is 13.7. The molecular formula is C25H27FN4O2S. The molecule has 2 aromatic carbocycles. The number of para-hydroxylation sites is 1. The molecule has 3 aromatic rings. The van der Waals surface area contributed by atoms with E-state index in [1.54, 1.807) is 20.7 Å². The van der Waals surface area contributed by atoms with Crippen LogP contribution in [0.15, 0.2) is 48.7 Å². The van der Waals surface area contributed by atoms with Crippen molar-refractivity contribution in [3.05, 3.63) is 65.6 Å². The van der Waals surface area contributed by atoms with Crippen LogP contribution in [-0.4, -0.2) is 51.0 Å². The number of aryl methyl sites for hydroxylation is 1. The molecule has 0 amide bonds. The van der Waals surface area contributed by atoms with Gasteiger partial charge in [0.05, 0.1) is 11.4 Å². The largest absolute Gasteiger partial charge is 0.361 e. The Labute approximate surface area is 193 Å². The van der Waals surface area contributed by atoms with E-state index in [1.807, 2.05) is 24.4 Å². The van der Waals surface area contributed by atoms with Gasteiger partial charge in [-0.2, -0.15) is 8.42 Å². The SMILES string of the molecule is O=S1(=O)N(CCCN2CC=C(c3c[nH]c4ccc(F)cc34)CC2)c2cccc3c2N1CCC3. The normalized spacial score (nSPS) is 19.7. The fourth-order valence-corrected chi connectivity index (χ4v) is 7.25. The monoisotopic (exact) mass is 466 g/mol. The summed E-state index contributed by atoms with van der Waals surface area (Å²) in [5.74, 6) is -0.221. The van der Waals surface area contributed by atoms with Gasteiger partial charge in [-0.25, -0.2) is 4.39 Å². The van der Waals surface area contributed by atoms with Crippen LogP contribution in [0, 0.1) is 5.82 Å². The van der Waals surface area contributed by atoms with Gasteiger partial charge < -0.3 is 4.98 Å². The topological polar surface area (TPSA) is 59.7 Å². The summed E-state index contributed by atoms with van der Waals surface area (Å²) in [6, 6.07) is 10.8. The summed E-state index contributed by atoms with van der Waals surface area (Å²) in [4.78, 5) is 5.59. The number of fused-ring (bicyclic) bond motifs is 1. The minimum atomic E-state index is -3.47. The number of anilines is 2. The molecule has 0 aliphatic carbocycles. The van der Waals surface area contributed by atoms with Crippen LogP contribution in [0.3, 0.4) is 0 Å². The molecule has 33 heavy (non-hydrogen) atoms. The lowest BCUT2D eigenvalue weighted by molar-refractivity contribution is 0.300. The van der Waals surface area contributed by atoms with Crippen molar-refractivity contribution in [3.8, 4) is 0 Å². The summed E-state index contributed by atoms with van der Waals surface area (Å²) in [5, 5.41) is 0.925. The van der Waals surface area contributed by atoms with Crippen molar-refractivity contribution in [2.45, 2.75) is 25.7 Å². The van der Waals surface area contributed by atoms with Crippen molar-refractivity contribution < 1.29 is 12.8 Å². The summed E-state index contributed by atoms with van der Waals surface area (Å²) < 4.78 is 43.2. The lowest BCUT2D eigenvalue weighted by Crippen LogP contribution is -2.41. The van der Waals surface area contributed by atoms with Gasteiger partial charge in [0.2, 0.25) is 0 Å². The van der Waals surface area contributed by atoms with Crippen molar-refractivity contribution in [2.24, 2.45) is 0 Å². The molecule has 6 rings (SSSR count). The molecule has 3 aliphatic rings. The second kappa shape index (κ2) is 7.88. The van der Waals surface area contributed by atoms with Crippen LogP contribution in [0.2, 0.25) is 0 Å². The molecule has 4 heterocycles. The lowest BCUT2D eigenvalue weighted by atomic mass is 9.99. The Morgan fingerprint density at radius 1 is 1.06 bits per heavy atom. The Morgan fingerprint density at radius 3 is 2.82 bits per heavy atom. The standard InChI is InChI=1S/C25H27FN4O2S/c26-20-7-8-23-21(16-20)22(17-27-23)18-9-14-28(15-10-18)11-3-13-29-24-6-1-4-19-5-2-12-30(25(19)24)33(29,31)32/h1,4,6-9,16-17,27H,2-3,5,10-15H2. The number of H-pyrrole nitrogens is 1. The van der Waals surface area contributed by atoms with Gasteiger partial charge in [0.1, 0.15) is 5.82 Å². The number of hydrogen-bond acceptors (Lipinski definition) is 3. The number of rotatable bonds is 5. The van der Waals surface area contributed by atoms with E-state index in [0.717, 1.165) is 78.7 Å². The van der Waals surface area contributed by atoms with Crippen LogP contribution < -0.4 is 8.61 Å². The molecule has 1 aromatic heterocycles. The molecule has 0 bridgehead atoms. The van der Waals surface area contributed by atoms with Crippen molar-refractivity contribution in [3.63, 3.8) is 0 Å². The lowest BCUT2D eigenvalue weighted by Gasteiger charge is -2.27. The molecule has 172 valence electrons. The molecule has 0 atom stereocenters. The maximum Gasteiger partial charge on any atom is 0.326 e. The first-order chi connectivity index (χ1) is 16.0. The van der Waals surface area contributed by atoms with Gasteiger partial charge in [0, 0.05) is 55.4 Å². The number of aromatic amines is 1. The predicted molar refractivity (Wildman–Crippen MR) is 130 cm³/mol. The molecule has 1 N–H and O–H groups in total. The highest BCUT2D eigenvalue weighted by atomic mass is 32.2. The molecule has 0 spiro atoms. The highest BCUT2D eigenvalue weighted by Crippen LogP contribution is 2.45. The Morgan fingerprint density at radius 2 is 1.97 bits per heavy atom. The minimum Gasteiger partial charge on any atom is -0.361 e. The summed E-state index contributed by atoms with van der Waals surface area (Å²) >= 11 is 0. The third kappa shape index (κ3) is 3.43. The first-order valence-corrected chi connectivity index (χ1v) is 13.0. The number of aromatic nitrogens is 1. The van der Waals surface area contributed by atoms with Gasteiger partial charge in [-0.1, -0.05) is 18.2 Å². The van der Waals surface area contributed by atoms with Crippen molar-refractivity contribution in [1.29, 1.82) is 0 Å². The van der Waals surface area contributed by atoms with Crippen molar-refractivity contribution >= 4 is 38.1 Å². The summed E-state index contributed by atoms with van der Waals surface area (Å²) in [5.41, 5.74) is 6.12. The molecule has 0 radical (unpaired) electrons. The van der Waals surface area contributed by atoms with E-state index >= 15 is 0 Å². The van der Waals surface area contributed by atoms with Gasteiger partial charge in [0.25, 0.3) is 0 Å². The first kappa shape index (κ1) is 20.7. The average Bonchev–Trinajstić information content (AvgIpc) is 3.33. The van der Waals surface area contributed by atoms with Gasteiger partial charge in [-0.05, 0) is 61.1 Å². The predicted octanol–water partition coefficient (Wildman–Crippen LogP) is 4.30. The zero-order chi connectivity index (χ0) is 22.6. The second-order valence-corrected chi connectivity index (χ2v) is 10.8. The average molecular weight is 467 g/mol. The number of nitrogens with one attached hydrogen (secondary N) is 1. The Kier molecular flexibility index (Phi) is 4.96. The van der Waals surface area contributed by atoms with E-state index in [1.165, 1.54) is 11.6 Å². The van der Waals surface area contributed by atoms with Crippen molar-refractivity contribution in [2.75, 3.05) is 41.3 Å². The molecular weight excluding hydrogens is 439 g/mol. The van der Waals surface area contributed by atoms with Crippen LogP contribution in [-0.2, 0) is 16.6 Å². The number of halogens is 1. The van der Waals surface area contributed by atoms with E-state index in [4.69, 9.17) is 0 Å². The number of nitrogens with zero attached hydrogens (tertiary/aromatic N) is 3. The second-order valence-electron chi connectivity index (χ2n) is 9.07. The highest BCUT2D eigenvalue weighted by molar-refractivity contribution is 7.94. The van der Waals surface area contributed by atoms with E-state index < -0.39 is 10.2 Å². The molecule has 0 fully saturated rings. The Balaban J connectivity index is 1.12. The molecule has 0 saturated heterocycles. The van der Waals surface area contributed by atoms with E-state index in [0.29, 0.717) is 13.1 Å². The van der Waals surface area contributed by atoms with Crippen LogP contribution >= 0.6 is 0 Å². The Bertz CT molecular complexity index is 1360. The maximum atomic E-state index is 13.7. The molecule has 6 nitrogen and oxygen atoms in total. The quantitative estimate of drug-likeness (QED) is 0.610. The van der Waals surface area contributed by atoms with Crippen LogP contribution in [0.1, 0.15) is 30.4 Å². The van der Waals surface area contributed by atoms with Gasteiger partial charge in [0.15, 0.2) is 0 Å². The zero-order valence-electron chi connectivity index (χ0n) is 18.4. The summed E-state index contributed by atoms with van der Waals surface area (Å²) in [7, 11) is -3.47. The van der Waals surface area contributed by atoms with Crippen molar-refractivity contribution in [1.82, 2.24) is 9.88 Å². The third-order valence-corrected chi connectivity index (χ3v) is 8.96. The minimum absolute atomic E-state index is 0.221. The fraction of sp³-hybridized carbons (Fsp3) is 0.360. The van der Waals surface area contributed by atoms with Crippen LogP contribution in [0.4, 0.5) is 15.8 Å². The molecule has 8 heteroatoms. The van der Waals surface area contributed by atoms with E-state index in [9.17, 15) is 12.8 Å². The molecule has 0 saturated carbocycles. The smallest absolute Gasteiger partial charge is 0.326 e. The van der Waals surface area contributed by atoms with Gasteiger partial charge in [-0.15, -0.1) is 0 Å². The van der Waals surface area contributed by atoms with E-state index in [-0.39, 0.29) is 5.82 Å². The zero-order valence-corrected chi connectivity index (χ0v) is 19.2. The fourth-order valence-electron chi connectivity index (χ4n) is 5.46.